The van der Waals surface area contributed by atoms with Crippen molar-refractivity contribution in [3.05, 3.63) is 29.6 Å². The number of carbonyl (C=O) groups is 2. The molecule has 0 bridgehead atoms. The maximum Gasteiger partial charge on any atom is 0.429 e. The zero-order valence-corrected chi connectivity index (χ0v) is 15.1. The van der Waals surface area contributed by atoms with Crippen LogP contribution in [0, 0.1) is 0 Å². The van der Waals surface area contributed by atoms with Crippen molar-refractivity contribution in [1.29, 1.82) is 0 Å². The Hall–Kier alpha value is -2.31. The summed E-state index contributed by atoms with van der Waals surface area (Å²) in [6.45, 7) is 11.1. The number of hydrogen-bond donors (Lipinski definition) is 0. The molecule has 0 saturated heterocycles. The molecule has 132 valence electrons. The molecule has 24 heavy (non-hydrogen) atoms. The third-order valence-electron chi connectivity index (χ3n) is 3.14. The molecule has 1 aromatic heterocycles. The maximum atomic E-state index is 12.5. The van der Waals surface area contributed by atoms with Gasteiger partial charge in [0.2, 0.25) is 0 Å². The molecule has 0 aliphatic carbocycles. The van der Waals surface area contributed by atoms with E-state index in [9.17, 15) is 9.59 Å². The molecule has 2 heterocycles. The van der Waals surface area contributed by atoms with Crippen LogP contribution in [0.2, 0.25) is 0 Å². The average molecular weight is 335 g/mol. The first-order valence-corrected chi connectivity index (χ1v) is 7.89. The largest absolute Gasteiger partial charge is 0.442 e. The van der Waals surface area contributed by atoms with Crippen LogP contribution in [-0.4, -0.2) is 38.4 Å². The normalized spacial score (nSPS) is 14.9. The number of nitrogens with zero attached hydrogens (tertiary/aromatic N) is 3. The number of aromatic nitrogens is 1. The zero-order valence-electron chi connectivity index (χ0n) is 15.1. The summed E-state index contributed by atoms with van der Waals surface area (Å²) < 4.78 is 10.8. The van der Waals surface area contributed by atoms with Gasteiger partial charge < -0.3 is 9.47 Å². The van der Waals surface area contributed by atoms with E-state index < -0.39 is 23.4 Å². The second-order valence-corrected chi connectivity index (χ2v) is 7.72. The smallest absolute Gasteiger partial charge is 0.429 e. The molecular weight excluding hydrogens is 310 g/mol. The van der Waals surface area contributed by atoms with Gasteiger partial charge in [0.1, 0.15) is 11.2 Å². The van der Waals surface area contributed by atoms with Crippen molar-refractivity contribution in [1.82, 2.24) is 15.0 Å². The van der Waals surface area contributed by atoms with Crippen LogP contribution in [0.4, 0.5) is 9.59 Å². The van der Waals surface area contributed by atoms with Gasteiger partial charge in [0, 0.05) is 12.4 Å². The predicted molar refractivity (Wildman–Crippen MR) is 87.8 cm³/mol. The van der Waals surface area contributed by atoms with E-state index in [1.54, 1.807) is 53.9 Å². The van der Waals surface area contributed by atoms with Crippen molar-refractivity contribution in [2.75, 3.05) is 0 Å². The van der Waals surface area contributed by atoms with Crippen molar-refractivity contribution in [3.8, 4) is 0 Å². The monoisotopic (exact) mass is 335 g/mol. The van der Waals surface area contributed by atoms with E-state index in [4.69, 9.17) is 9.47 Å². The zero-order chi connectivity index (χ0) is 18.1. The number of hydrogen-bond acceptors (Lipinski definition) is 5. The van der Waals surface area contributed by atoms with Gasteiger partial charge in [0.05, 0.1) is 13.1 Å². The quantitative estimate of drug-likeness (QED) is 0.726. The van der Waals surface area contributed by atoms with E-state index >= 15 is 0 Å². The highest BCUT2D eigenvalue weighted by Crippen LogP contribution is 2.25. The Labute approximate surface area is 142 Å². The summed E-state index contributed by atoms with van der Waals surface area (Å²) in [6, 6.07) is 1.83. The molecule has 0 aromatic carbocycles. The number of pyridine rings is 1. The molecule has 2 amide bonds. The van der Waals surface area contributed by atoms with Crippen molar-refractivity contribution >= 4 is 12.2 Å². The molecule has 0 saturated carbocycles. The van der Waals surface area contributed by atoms with Crippen molar-refractivity contribution in [2.45, 2.75) is 65.8 Å². The highest BCUT2D eigenvalue weighted by Gasteiger charge is 2.36. The third-order valence-corrected chi connectivity index (χ3v) is 3.14. The Balaban J connectivity index is 2.29. The number of amides is 2. The standard InChI is InChI=1S/C17H25N3O4/c1-16(2,3)23-14(21)19-10-12-7-8-18-9-13(12)11-20(19)15(22)24-17(4,5)6/h7-9H,10-11H2,1-6H3. The Morgan fingerprint density at radius 2 is 1.38 bits per heavy atom. The van der Waals surface area contributed by atoms with Gasteiger partial charge in [-0.25, -0.2) is 19.6 Å². The first-order chi connectivity index (χ1) is 11.0. The predicted octanol–water partition coefficient (Wildman–Crippen LogP) is 3.48. The minimum absolute atomic E-state index is 0.206. The van der Waals surface area contributed by atoms with Crippen LogP contribution >= 0.6 is 0 Å². The van der Waals surface area contributed by atoms with Gasteiger partial charge in [0.25, 0.3) is 0 Å². The summed E-state index contributed by atoms with van der Waals surface area (Å²) >= 11 is 0. The van der Waals surface area contributed by atoms with Crippen molar-refractivity contribution < 1.29 is 19.1 Å². The molecule has 1 aliphatic heterocycles. The summed E-state index contributed by atoms with van der Waals surface area (Å²) in [7, 11) is 0. The Morgan fingerprint density at radius 1 is 0.917 bits per heavy atom. The molecular formula is C17H25N3O4. The molecule has 7 heteroatoms. The minimum atomic E-state index is -0.661. The molecule has 0 fully saturated rings. The van der Waals surface area contributed by atoms with Crippen LogP contribution in [0.15, 0.2) is 18.5 Å². The van der Waals surface area contributed by atoms with Crippen molar-refractivity contribution in [3.63, 3.8) is 0 Å². The number of hydrazine groups is 1. The molecule has 0 unspecified atom stereocenters. The van der Waals surface area contributed by atoms with Crippen molar-refractivity contribution in [2.24, 2.45) is 0 Å². The van der Waals surface area contributed by atoms with Gasteiger partial charge in [-0.3, -0.25) is 4.98 Å². The van der Waals surface area contributed by atoms with E-state index in [0.29, 0.717) is 0 Å². The van der Waals surface area contributed by atoms with E-state index in [1.807, 2.05) is 6.07 Å². The van der Waals surface area contributed by atoms with Gasteiger partial charge in [-0.2, -0.15) is 0 Å². The van der Waals surface area contributed by atoms with Gasteiger partial charge in [-0.05, 0) is 58.7 Å². The van der Waals surface area contributed by atoms with E-state index in [0.717, 1.165) is 11.1 Å². The van der Waals surface area contributed by atoms with Gasteiger partial charge in [-0.15, -0.1) is 0 Å². The molecule has 0 N–H and O–H groups in total. The van der Waals surface area contributed by atoms with Crippen LogP contribution in [0.1, 0.15) is 52.7 Å². The lowest BCUT2D eigenvalue weighted by atomic mass is 10.1. The lowest BCUT2D eigenvalue weighted by molar-refractivity contribution is -0.0751. The van der Waals surface area contributed by atoms with Crippen LogP contribution < -0.4 is 0 Å². The second kappa shape index (κ2) is 6.30. The highest BCUT2D eigenvalue weighted by atomic mass is 16.6. The summed E-state index contributed by atoms with van der Waals surface area (Å²) in [5, 5.41) is 2.55. The van der Waals surface area contributed by atoms with Crippen LogP contribution in [0.3, 0.4) is 0 Å². The number of rotatable bonds is 0. The second-order valence-electron chi connectivity index (χ2n) is 7.72. The van der Waals surface area contributed by atoms with Crippen LogP contribution in [-0.2, 0) is 22.6 Å². The highest BCUT2D eigenvalue weighted by molar-refractivity contribution is 5.75. The average Bonchev–Trinajstić information content (AvgIpc) is 2.42. The Kier molecular flexibility index (Phi) is 4.73. The van der Waals surface area contributed by atoms with Gasteiger partial charge in [0.15, 0.2) is 0 Å². The SMILES string of the molecule is CC(C)(C)OC(=O)N1Cc2ccncc2CN1C(=O)OC(C)(C)C. The van der Waals surface area contributed by atoms with Crippen LogP contribution in [0.25, 0.3) is 0 Å². The maximum absolute atomic E-state index is 12.5. The van der Waals surface area contributed by atoms with E-state index in [2.05, 4.69) is 4.98 Å². The fourth-order valence-electron chi connectivity index (χ4n) is 2.20. The molecule has 2 rings (SSSR count). The van der Waals surface area contributed by atoms with Gasteiger partial charge in [-0.1, -0.05) is 0 Å². The molecule has 7 nitrogen and oxygen atoms in total. The fourth-order valence-corrected chi connectivity index (χ4v) is 2.20. The van der Waals surface area contributed by atoms with Crippen LogP contribution in [0.5, 0.6) is 0 Å². The lowest BCUT2D eigenvalue weighted by Gasteiger charge is -2.39. The topological polar surface area (TPSA) is 72.0 Å². The van der Waals surface area contributed by atoms with Gasteiger partial charge >= 0.3 is 12.2 Å². The summed E-state index contributed by atoms with van der Waals surface area (Å²) in [4.78, 5) is 29.2. The molecule has 0 radical (unpaired) electrons. The summed E-state index contributed by atoms with van der Waals surface area (Å²) in [5.74, 6) is 0. The Bertz CT molecular complexity index is 576. The molecule has 1 aromatic rings. The summed E-state index contributed by atoms with van der Waals surface area (Å²) in [5.41, 5.74) is 0.486. The number of carbonyl (C=O) groups excluding carboxylic acids is 2. The first-order valence-electron chi connectivity index (χ1n) is 7.89. The van der Waals surface area contributed by atoms with E-state index in [-0.39, 0.29) is 13.1 Å². The fraction of sp³-hybridized carbons (Fsp3) is 0.588. The first kappa shape index (κ1) is 18.0. The number of fused-ring (bicyclic) bond motifs is 1. The lowest BCUT2D eigenvalue weighted by Crippen LogP contribution is -2.53. The molecule has 0 atom stereocenters. The molecule has 0 spiro atoms. The third kappa shape index (κ3) is 4.59. The number of ether oxygens (including phenoxy) is 2. The van der Waals surface area contributed by atoms with E-state index in [1.165, 1.54) is 10.0 Å². The minimum Gasteiger partial charge on any atom is -0.442 e. The summed E-state index contributed by atoms with van der Waals surface area (Å²) in [6.07, 6.45) is 2.17. The Morgan fingerprint density at radius 3 is 1.83 bits per heavy atom. The molecule has 1 aliphatic rings.